The van der Waals surface area contributed by atoms with Gasteiger partial charge in [-0.15, -0.1) is 0 Å². The van der Waals surface area contributed by atoms with Crippen molar-refractivity contribution in [2.45, 2.75) is 26.7 Å². The zero-order valence-corrected chi connectivity index (χ0v) is 9.59. The Bertz CT molecular complexity index is 383. The van der Waals surface area contributed by atoms with E-state index < -0.39 is 0 Å². The summed E-state index contributed by atoms with van der Waals surface area (Å²) >= 11 is 0. The molecule has 0 fully saturated rings. The third kappa shape index (κ3) is 2.12. The summed E-state index contributed by atoms with van der Waals surface area (Å²) in [5.74, 6) is 0.312. The van der Waals surface area contributed by atoms with E-state index in [4.69, 9.17) is 0 Å². The van der Waals surface area contributed by atoms with Crippen LogP contribution in [0.5, 0.6) is 5.75 Å². The Morgan fingerprint density at radius 2 is 2.00 bits per heavy atom. The zero-order valence-electron chi connectivity index (χ0n) is 9.59. The molecule has 0 saturated heterocycles. The van der Waals surface area contributed by atoms with Crippen molar-refractivity contribution in [2.75, 3.05) is 7.05 Å². The largest absolute Gasteiger partial charge is 0.507 e. The van der Waals surface area contributed by atoms with Crippen molar-refractivity contribution in [2.24, 2.45) is 0 Å². The summed E-state index contributed by atoms with van der Waals surface area (Å²) in [6.45, 7) is 5.77. The molecule has 0 aromatic heterocycles. The van der Waals surface area contributed by atoms with Crippen LogP contribution in [0.15, 0.2) is 12.1 Å². The van der Waals surface area contributed by atoms with Gasteiger partial charge in [-0.2, -0.15) is 0 Å². The van der Waals surface area contributed by atoms with Crippen LogP contribution >= 0.6 is 0 Å². The van der Waals surface area contributed by atoms with Crippen LogP contribution in [0.3, 0.4) is 0 Å². The molecule has 0 bridgehead atoms. The molecule has 0 radical (unpaired) electrons. The van der Waals surface area contributed by atoms with Gasteiger partial charge in [0.1, 0.15) is 5.75 Å². The molecule has 1 aromatic carbocycles. The second kappa shape index (κ2) is 4.34. The fraction of sp³-hybridized carbons (Fsp3) is 0.417. The molecule has 0 aliphatic rings. The number of hydrogen-bond acceptors (Lipinski definition) is 2. The van der Waals surface area contributed by atoms with Crippen LogP contribution in [0.2, 0.25) is 0 Å². The van der Waals surface area contributed by atoms with E-state index in [1.807, 2.05) is 13.8 Å². The quantitative estimate of drug-likeness (QED) is 0.781. The average Bonchev–Trinajstić information content (AvgIpc) is 2.20. The number of benzene rings is 1. The molecule has 2 N–H and O–H groups in total. The van der Waals surface area contributed by atoms with Crippen LogP contribution in [0, 0.1) is 6.92 Å². The van der Waals surface area contributed by atoms with Crippen LogP contribution in [0.25, 0.3) is 0 Å². The zero-order chi connectivity index (χ0) is 11.6. The van der Waals surface area contributed by atoms with Gasteiger partial charge in [0.15, 0.2) is 0 Å². The Kier molecular flexibility index (Phi) is 3.35. The highest BCUT2D eigenvalue weighted by Crippen LogP contribution is 2.30. The summed E-state index contributed by atoms with van der Waals surface area (Å²) in [6.07, 6.45) is 0. The minimum Gasteiger partial charge on any atom is -0.507 e. The summed E-state index contributed by atoms with van der Waals surface area (Å²) in [4.78, 5) is 11.4. The first-order chi connectivity index (χ1) is 6.99. The Labute approximate surface area is 90.1 Å². The lowest BCUT2D eigenvalue weighted by molar-refractivity contribution is 0.0962. The molecule has 0 spiro atoms. The van der Waals surface area contributed by atoms with Gasteiger partial charge in [0.25, 0.3) is 5.91 Å². The van der Waals surface area contributed by atoms with E-state index in [0.717, 1.165) is 5.56 Å². The summed E-state index contributed by atoms with van der Waals surface area (Å²) in [7, 11) is 1.58. The molecule has 1 rings (SSSR count). The predicted octanol–water partition coefficient (Wildman–Crippen LogP) is 2.18. The van der Waals surface area contributed by atoms with Gasteiger partial charge in [0, 0.05) is 18.2 Å². The number of hydrogen-bond donors (Lipinski definition) is 2. The lowest BCUT2D eigenvalue weighted by atomic mass is 9.96. The average molecular weight is 207 g/mol. The van der Waals surface area contributed by atoms with Crippen molar-refractivity contribution < 1.29 is 9.90 Å². The molecule has 82 valence electrons. The minimum atomic E-state index is -0.168. The molecule has 0 atom stereocenters. The van der Waals surface area contributed by atoms with Crippen molar-refractivity contribution in [1.82, 2.24) is 5.32 Å². The van der Waals surface area contributed by atoms with Gasteiger partial charge in [0.05, 0.1) is 0 Å². The van der Waals surface area contributed by atoms with Gasteiger partial charge >= 0.3 is 0 Å². The second-order valence-corrected chi connectivity index (χ2v) is 3.91. The van der Waals surface area contributed by atoms with E-state index >= 15 is 0 Å². The summed E-state index contributed by atoms with van der Waals surface area (Å²) in [6, 6.07) is 3.56. The van der Waals surface area contributed by atoms with Gasteiger partial charge in [-0.25, -0.2) is 0 Å². The summed E-state index contributed by atoms with van der Waals surface area (Å²) in [5, 5.41) is 12.5. The van der Waals surface area contributed by atoms with Crippen LogP contribution in [-0.2, 0) is 0 Å². The number of amides is 1. The number of rotatable bonds is 2. The minimum absolute atomic E-state index is 0.168. The lowest BCUT2D eigenvalue weighted by Crippen LogP contribution is -2.19. The number of phenolic OH excluding ortho intramolecular Hbond substituents is 1. The SMILES string of the molecule is CNC(=O)c1ccc(C(C)C)c(O)c1C. The van der Waals surface area contributed by atoms with Crippen molar-refractivity contribution in [3.63, 3.8) is 0 Å². The Hall–Kier alpha value is -1.51. The van der Waals surface area contributed by atoms with Crippen LogP contribution in [0.4, 0.5) is 0 Å². The maximum absolute atomic E-state index is 11.4. The van der Waals surface area contributed by atoms with Crippen molar-refractivity contribution in [3.8, 4) is 5.75 Å². The van der Waals surface area contributed by atoms with Crippen molar-refractivity contribution in [3.05, 3.63) is 28.8 Å². The first kappa shape index (κ1) is 11.6. The third-order valence-corrected chi connectivity index (χ3v) is 2.56. The highest BCUT2D eigenvalue weighted by Gasteiger charge is 2.14. The molecule has 0 heterocycles. The fourth-order valence-corrected chi connectivity index (χ4v) is 1.57. The Morgan fingerprint density at radius 1 is 1.40 bits per heavy atom. The van der Waals surface area contributed by atoms with Crippen molar-refractivity contribution in [1.29, 1.82) is 0 Å². The van der Waals surface area contributed by atoms with Gasteiger partial charge in [-0.05, 0) is 24.5 Å². The molecule has 1 aromatic rings. The first-order valence-corrected chi connectivity index (χ1v) is 5.03. The van der Waals surface area contributed by atoms with Gasteiger partial charge < -0.3 is 10.4 Å². The number of phenols is 1. The Balaban J connectivity index is 3.27. The van der Waals surface area contributed by atoms with E-state index in [9.17, 15) is 9.90 Å². The van der Waals surface area contributed by atoms with Crippen LogP contribution in [0.1, 0.15) is 41.3 Å². The van der Waals surface area contributed by atoms with E-state index in [1.165, 1.54) is 0 Å². The standard InChI is InChI=1S/C12H17NO2/c1-7(2)9-5-6-10(12(15)13-4)8(3)11(9)14/h5-7,14H,1-4H3,(H,13,15). The van der Waals surface area contributed by atoms with Gasteiger partial charge in [-0.3, -0.25) is 4.79 Å². The maximum Gasteiger partial charge on any atom is 0.251 e. The monoisotopic (exact) mass is 207 g/mol. The van der Waals surface area contributed by atoms with Gasteiger partial charge in [-0.1, -0.05) is 19.9 Å². The molecule has 0 aliphatic carbocycles. The summed E-state index contributed by atoms with van der Waals surface area (Å²) < 4.78 is 0. The second-order valence-electron chi connectivity index (χ2n) is 3.91. The third-order valence-electron chi connectivity index (χ3n) is 2.56. The van der Waals surface area contributed by atoms with E-state index in [2.05, 4.69) is 5.32 Å². The molecule has 1 amide bonds. The molecular weight excluding hydrogens is 190 g/mol. The normalized spacial score (nSPS) is 10.5. The number of aromatic hydroxyl groups is 1. The molecule has 0 unspecified atom stereocenters. The number of carbonyl (C=O) groups is 1. The molecular formula is C12H17NO2. The van der Waals surface area contributed by atoms with E-state index in [-0.39, 0.29) is 17.6 Å². The highest BCUT2D eigenvalue weighted by atomic mass is 16.3. The molecule has 15 heavy (non-hydrogen) atoms. The maximum atomic E-state index is 11.4. The van der Waals surface area contributed by atoms with Crippen LogP contribution < -0.4 is 5.32 Å². The molecule has 0 saturated carbocycles. The van der Waals surface area contributed by atoms with Crippen molar-refractivity contribution >= 4 is 5.91 Å². The first-order valence-electron chi connectivity index (χ1n) is 5.03. The Morgan fingerprint density at radius 3 is 2.47 bits per heavy atom. The number of carbonyl (C=O) groups excluding carboxylic acids is 1. The van der Waals surface area contributed by atoms with E-state index in [1.54, 1.807) is 26.1 Å². The molecule has 0 aliphatic heterocycles. The predicted molar refractivity (Wildman–Crippen MR) is 60.3 cm³/mol. The smallest absolute Gasteiger partial charge is 0.251 e. The molecule has 3 heteroatoms. The summed E-state index contributed by atoms with van der Waals surface area (Å²) in [5.41, 5.74) is 2.04. The van der Waals surface area contributed by atoms with Crippen LogP contribution in [-0.4, -0.2) is 18.1 Å². The topological polar surface area (TPSA) is 49.3 Å². The number of nitrogens with one attached hydrogen (secondary N) is 1. The lowest BCUT2D eigenvalue weighted by Gasteiger charge is -2.13. The fourth-order valence-electron chi connectivity index (χ4n) is 1.57. The highest BCUT2D eigenvalue weighted by molar-refractivity contribution is 5.96. The van der Waals surface area contributed by atoms with Gasteiger partial charge in [0.2, 0.25) is 0 Å². The van der Waals surface area contributed by atoms with E-state index in [0.29, 0.717) is 11.1 Å². The molecule has 3 nitrogen and oxygen atoms in total.